The van der Waals surface area contributed by atoms with Crippen LogP contribution in [0.15, 0.2) is 34.9 Å². The average molecular weight is 372 g/mol. The van der Waals surface area contributed by atoms with Gasteiger partial charge in [0.1, 0.15) is 11.5 Å². The van der Waals surface area contributed by atoms with Gasteiger partial charge in [-0.1, -0.05) is 17.3 Å². The van der Waals surface area contributed by atoms with Crippen molar-refractivity contribution >= 4 is 11.9 Å². The third-order valence-electron chi connectivity index (χ3n) is 4.30. The van der Waals surface area contributed by atoms with E-state index < -0.39 is 6.04 Å². The quantitative estimate of drug-likeness (QED) is 0.715. The van der Waals surface area contributed by atoms with Gasteiger partial charge in [0.05, 0.1) is 25.7 Å². The van der Waals surface area contributed by atoms with E-state index in [0.29, 0.717) is 11.7 Å². The highest BCUT2D eigenvalue weighted by molar-refractivity contribution is 5.92. The summed E-state index contributed by atoms with van der Waals surface area (Å²) in [7, 11) is 1.58. The summed E-state index contributed by atoms with van der Waals surface area (Å²) in [6.45, 7) is 3.57. The van der Waals surface area contributed by atoms with Crippen molar-refractivity contribution in [2.75, 3.05) is 7.11 Å². The smallest absolute Gasteiger partial charge is 0.308 e. The maximum Gasteiger partial charge on any atom is 0.308 e. The van der Waals surface area contributed by atoms with Crippen molar-refractivity contribution in [1.82, 2.24) is 10.5 Å². The van der Waals surface area contributed by atoms with Crippen molar-refractivity contribution < 1.29 is 23.6 Å². The number of nitrogens with zero attached hydrogens (tertiary/aromatic N) is 1. The molecule has 0 spiro atoms. The van der Waals surface area contributed by atoms with Crippen molar-refractivity contribution in [3.63, 3.8) is 0 Å². The lowest BCUT2D eigenvalue weighted by molar-refractivity contribution is -0.147. The van der Waals surface area contributed by atoms with Gasteiger partial charge in [-0.15, -0.1) is 0 Å². The van der Waals surface area contributed by atoms with Crippen LogP contribution in [0.2, 0.25) is 0 Å². The summed E-state index contributed by atoms with van der Waals surface area (Å²) in [5, 5.41) is 6.72. The van der Waals surface area contributed by atoms with Crippen molar-refractivity contribution in [3.8, 4) is 5.75 Å². The molecule has 144 valence electrons. The predicted molar refractivity (Wildman–Crippen MR) is 97.5 cm³/mol. The van der Waals surface area contributed by atoms with Crippen molar-refractivity contribution in [1.29, 1.82) is 0 Å². The number of nitrogens with one attached hydrogen (secondary N) is 1. The van der Waals surface area contributed by atoms with Gasteiger partial charge in [0.25, 0.3) is 5.91 Å². The minimum absolute atomic E-state index is 0.0174. The number of rotatable bonds is 8. The topological polar surface area (TPSA) is 90.7 Å². The lowest BCUT2D eigenvalue weighted by atomic mass is 10.0. The molecule has 0 radical (unpaired) electrons. The van der Waals surface area contributed by atoms with Crippen molar-refractivity contribution in [3.05, 3.63) is 47.3 Å². The van der Waals surface area contributed by atoms with Crippen LogP contribution in [-0.4, -0.2) is 30.2 Å². The minimum atomic E-state index is -0.546. The summed E-state index contributed by atoms with van der Waals surface area (Å²) < 4.78 is 15.6. The van der Waals surface area contributed by atoms with E-state index in [-0.39, 0.29) is 30.1 Å². The molecule has 1 atom stereocenters. The van der Waals surface area contributed by atoms with Crippen LogP contribution in [0.3, 0.4) is 0 Å². The summed E-state index contributed by atoms with van der Waals surface area (Å²) in [5.41, 5.74) is 0.989. The van der Waals surface area contributed by atoms with E-state index >= 15 is 0 Å². The summed E-state index contributed by atoms with van der Waals surface area (Å²) in [6, 6.07) is 8.31. The summed E-state index contributed by atoms with van der Waals surface area (Å²) in [5.74, 6) is 1.03. The van der Waals surface area contributed by atoms with E-state index in [2.05, 4.69) is 10.5 Å². The molecule has 0 aliphatic heterocycles. The van der Waals surface area contributed by atoms with Crippen LogP contribution in [0.5, 0.6) is 5.75 Å². The highest BCUT2D eigenvalue weighted by atomic mass is 16.5. The Morgan fingerprint density at radius 2 is 1.96 bits per heavy atom. The Hall–Kier alpha value is -2.83. The number of aromatic nitrogens is 1. The monoisotopic (exact) mass is 372 g/mol. The number of hydrogen-bond acceptors (Lipinski definition) is 6. The molecule has 1 aromatic carbocycles. The van der Waals surface area contributed by atoms with E-state index in [1.807, 2.05) is 12.1 Å². The number of ether oxygens (including phenoxy) is 2. The Morgan fingerprint density at radius 3 is 2.56 bits per heavy atom. The maximum absolute atomic E-state index is 12.6. The van der Waals surface area contributed by atoms with Crippen LogP contribution in [0.1, 0.15) is 66.9 Å². The van der Waals surface area contributed by atoms with Crippen molar-refractivity contribution in [2.24, 2.45) is 0 Å². The first-order valence-electron chi connectivity index (χ1n) is 9.07. The largest absolute Gasteiger partial charge is 0.497 e. The van der Waals surface area contributed by atoms with Gasteiger partial charge >= 0.3 is 5.97 Å². The minimum Gasteiger partial charge on any atom is -0.497 e. The molecule has 1 aliphatic carbocycles. The fourth-order valence-corrected chi connectivity index (χ4v) is 2.75. The second-order valence-corrected chi connectivity index (χ2v) is 6.93. The number of hydrogen-bond donors (Lipinski definition) is 1. The van der Waals surface area contributed by atoms with Gasteiger partial charge in [0, 0.05) is 12.0 Å². The number of carbonyl (C=O) groups excluding carboxylic acids is 2. The molecular weight excluding hydrogens is 348 g/mol. The molecule has 1 unspecified atom stereocenters. The molecule has 1 aliphatic rings. The number of amides is 1. The van der Waals surface area contributed by atoms with Crippen molar-refractivity contribution in [2.45, 2.75) is 51.2 Å². The van der Waals surface area contributed by atoms with Crippen LogP contribution in [0.4, 0.5) is 0 Å². The Bertz CT molecular complexity index is 793. The SMILES string of the molecule is COc1ccc(C(CC(=O)OC(C)C)NC(=O)c2cc(C3CC3)on2)cc1. The molecule has 2 aromatic rings. The fourth-order valence-electron chi connectivity index (χ4n) is 2.75. The Kier molecular flexibility index (Phi) is 5.78. The lowest BCUT2D eigenvalue weighted by Crippen LogP contribution is -2.31. The zero-order valence-electron chi connectivity index (χ0n) is 15.7. The van der Waals surface area contributed by atoms with Gasteiger partial charge < -0.3 is 19.3 Å². The maximum atomic E-state index is 12.6. The average Bonchev–Trinajstić information content (AvgIpc) is 3.37. The van der Waals surface area contributed by atoms with E-state index in [9.17, 15) is 9.59 Å². The first kappa shape index (κ1) is 18.9. The number of carbonyl (C=O) groups is 2. The number of methoxy groups -OCH3 is 1. The molecule has 1 heterocycles. The van der Waals surface area contributed by atoms with Gasteiger partial charge in [0.15, 0.2) is 5.69 Å². The molecule has 1 saturated carbocycles. The Balaban J connectivity index is 1.74. The van der Waals surface area contributed by atoms with E-state index in [1.54, 1.807) is 39.2 Å². The molecule has 0 bridgehead atoms. The molecule has 1 N–H and O–H groups in total. The Morgan fingerprint density at radius 1 is 1.26 bits per heavy atom. The van der Waals surface area contributed by atoms with E-state index in [0.717, 1.165) is 24.2 Å². The Labute approximate surface area is 158 Å². The molecule has 1 fully saturated rings. The summed E-state index contributed by atoms with van der Waals surface area (Å²) in [4.78, 5) is 24.7. The number of esters is 1. The third-order valence-corrected chi connectivity index (χ3v) is 4.30. The lowest BCUT2D eigenvalue weighted by Gasteiger charge is -2.19. The second kappa shape index (κ2) is 8.24. The molecule has 7 nitrogen and oxygen atoms in total. The van der Waals surface area contributed by atoms with Crippen LogP contribution in [0, 0.1) is 0 Å². The van der Waals surface area contributed by atoms with Crippen LogP contribution < -0.4 is 10.1 Å². The molecule has 0 saturated heterocycles. The standard InChI is InChI=1S/C20H24N2O5/c1-12(2)26-19(23)11-16(13-6-8-15(25-3)9-7-13)21-20(24)17-10-18(27-22-17)14-4-5-14/h6-10,12,14,16H,4-5,11H2,1-3H3,(H,21,24). The van der Waals surface area contributed by atoms with Crippen LogP contribution >= 0.6 is 0 Å². The zero-order chi connectivity index (χ0) is 19.4. The molecule has 3 rings (SSSR count). The first-order valence-corrected chi connectivity index (χ1v) is 9.07. The van der Waals surface area contributed by atoms with Gasteiger partial charge in [0.2, 0.25) is 0 Å². The normalized spacial score (nSPS) is 14.7. The number of benzene rings is 1. The predicted octanol–water partition coefficient (Wildman–Crippen LogP) is 3.37. The summed E-state index contributed by atoms with van der Waals surface area (Å²) in [6.07, 6.45) is 1.92. The second-order valence-electron chi connectivity index (χ2n) is 6.93. The fraction of sp³-hybridized carbons (Fsp3) is 0.450. The van der Waals surface area contributed by atoms with Gasteiger partial charge in [-0.2, -0.15) is 0 Å². The molecule has 1 aromatic heterocycles. The van der Waals surface area contributed by atoms with E-state index in [4.69, 9.17) is 14.0 Å². The van der Waals surface area contributed by atoms with Crippen LogP contribution in [0.25, 0.3) is 0 Å². The molecule has 1 amide bonds. The van der Waals surface area contributed by atoms with Gasteiger partial charge in [-0.05, 0) is 44.4 Å². The molecular formula is C20H24N2O5. The third kappa shape index (κ3) is 5.09. The highest BCUT2D eigenvalue weighted by Crippen LogP contribution is 2.40. The zero-order valence-corrected chi connectivity index (χ0v) is 15.7. The summed E-state index contributed by atoms with van der Waals surface area (Å²) >= 11 is 0. The van der Waals surface area contributed by atoms with Gasteiger partial charge in [-0.25, -0.2) is 0 Å². The molecule has 7 heteroatoms. The van der Waals surface area contributed by atoms with Crippen LogP contribution in [-0.2, 0) is 9.53 Å². The first-order chi connectivity index (χ1) is 13.0. The highest BCUT2D eigenvalue weighted by Gasteiger charge is 2.29. The molecule has 27 heavy (non-hydrogen) atoms. The van der Waals surface area contributed by atoms with Gasteiger partial charge in [-0.3, -0.25) is 9.59 Å². The van der Waals surface area contributed by atoms with E-state index in [1.165, 1.54) is 0 Å².